The third-order valence-electron chi connectivity index (χ3n) is 1.59. The van der Waals surface area contributed by atoms with Crippen molar-refractivity contribution in [1.29, 1.82) is 0 Å². The lowest BCUT2D eigenvalue weighted by Gasteiger charge is -2.14. The van der Waals surface area contributed by atoms with Gasteiger partial charge in [-0.1, -0.05) is 12.2 Å². The first-order chi connectivity index (χ1) is 6.80. The number of amides is 2. The molecule has 14 heavy (non-hydrogen) atoms. The predicted octanol–water partition coefficient (Wildman–Crippen LogP) is 1.47. The molecule has 1 aliphatic heterocycles. The van der Waals surface area contributed by atoms with Crippen LogP contribution in [0.5, 0.6) is 0 Å². The standard InChI is InChI=1S/C6H8N2O.C4H5N/c7-6(9)8-4-2-1-3-5-8;1-2-4-5-3-1/h1-4H,5H2,(H2,7,9);1-5H. The minimum absolute atomic E-state index is 0.407. The Morgan fingerprint density at radius 3 is 2.29 bits per heavy atom. The molecule has 0 radical (unpaired) electrons. The summed E-state index contributed by atoms with van der Waals surface area (Å²) in [5.74, 6) is 0. The molecule has 0 atom stereocenters. The molecule has 2 amide bonds. The summed E-state index contributed by atoms with van der Waals surface area (Å²) in [5, 5.41) is 0. The molecule has 0 saturated carbocycles. The summed E-state index contributed by atoms with van der Waals surface area (Å²) in [6.45, 7) is 0.589. The lowest BCUT2D eigenvalue weighted by atomic mass is 10.4. The molecule has 0 bridgehead atoms. The van der Waals surface area contributed by atoms with Gasteiger partial charge < -0.3 is 10.7 Å². The van der Waals surface area contributed by atoms with Crippen LogP contribution in [0.3, 0.4) is 0 Å². The van der Waals surface area contributed by atoms with Crippen LogP contribution in [0.25, 0.3) is 0 Å². The third-order valence-corrected chi connectivity index (χ3v) is 1.59. The normalized spacial score (nSPS) is 13.3. The van der Waals surface area contributed by atoms with Crippen LogP contribution in [0.1, 0.15) is 0 Å². The zero-order valence-corrected chi connectivity index (χ0v) is 7.76. The van der Waals surface area contributed by atoms with Crippen LogP contribution in [-0.2, 0) is 0 Å². The molecule has 2 heterocycles. The van der Waals surface area contributed by atoms with E-state index in [0.29, 0.717) is 6.54 Å². The molecular weight excluding hydrogens is 178 g/mol. The molecular formula is C10H13N3O. The fourth-order valence-corrected chi connectivity index (χ4v) is 0.909. The van der Waals surface area contributed by atoms with Crippen LogP contribution in [-0.4, -0.2) is 22.5 Å². The van der Waals surface area contributed by atoms with Crippen molar-refractivity contribution in [3.8, 4) is 0 Å². The smallest absolute Gasteiger partial charge is 0.319 e. The van der Waals surface area contributed by atoms with Gasteiger partial charge in [0.2, 0.25) is 0 Å². The zero-order chi connectivity index (χ0) is 10.2. The quantitative estimate of drug-likeness (QED) is 0.640. The number of urea groups is 1. The summed E-state index contributed by atoms with van der Waals surface area (Å²) < 4.78 is 0. The van der Waals surface area contributed by atoms with Gasteiger partial charge in [0.1, 0.15) is 0 Å². The number of nitrogens with zero attached hydrogens (tertiary/aromatic N) is 1. The summed E-state index contributed by atoms with van der Waals surface area (Å²) in [6, 6.07) is 3.48. The van der Waals surface area contributed by atoms with Gasteiger partial charge >= 0.3 is 6.03 Å². The number of carbonyl (C=O) groups excluding carboxylic acids is 1. The van der Waals surface area contributed by atoms with Gasteiger partial charge in [0, 0.05) is 25.1 Å². The molecule has 0 fully saturated rings. The van der Waals surface area contributed by atoms with Crippen molar-refractivity contribution in [3.63, 3.8) is 0 Å². The predicted molar refractivity (Wildman–Crippen MR) is 55.4 cm³/mol. The summed E-state index contributed by atoms with van der Waals surface area (Å²) in [7, 11) is 0. The second kappa shape index (κ2) is 5.64. The number of hydrogen-bond acceptors (Lipinski definition) is 1. The maximum Gasteiger partial charge on any atom is 0.319 e. The maximum absolute atomic E-state index is 10.4. The Morgan fingerprint density at radius 1 is 1.29 bits per heavy atom. The number of primary amides is 1. The second-order valence-electron chi connectivity index (χ2n) is 2.65. The number of aromatic amines is 1. The molecule has 4 nitrogen and oxygen atoms in total. The average molecular weight is 191 g/mol. The van der Waals surface area contributed by atoms with E-state index in [2.05, 4.69) is 4.98 Å². The lowest BCUT2D eigenvalue weighted by molar-refractivity contribution is 0.228. The van der Waals surface area contributed by atoms with Crippen LogP contribution >= 0.6 is 0 Å². The number of hydrogen-bond donors (Lipinski definition) is 2. The van der Waals surface area contributed by atoms with Crippen molar-refractivity contribution < 1.29 is 4.79 Å². The highest BCUT2D eigenvalue weighted by molar-refractivity contribution is 5.73. The highest BCUT2D eigenvalue weighted by Crippen LogP contribution is 1.95. The van der Waals surface area contributed by atoms with Gasteiger partial charge in [-0.05, 0) is 18.2 Å². The van der Waals surface area contributed by atoms with Crippen molar-refractivity contribution in [2.45, 2.75) is 0 Å². The van der Waals surface area contributed by atoms with Crippen LogP contribution in [0.2, 0.25) is 0 Å². The molecule has 0 aromatic carbocycles. The molecule has 3 N–H and O–H groups in total. The minimum atomic E-state index is -0.407. The number of rotatable bonds is 0. The molecule has 0 unspecified atom stereocenters. The van der Waals surface area contributed by atoms with E-state index >= 15 is 0 Å². The van der Waals surface area contributed by atoms with Crippen LogP contribution < -0.4 is 5.73 Å². The number of nitrogens with one attached hydrogen (secondary N) is 1. The topological polar surface area (TPSA) is 62.1 Å². The minimum Gasteiger partial charge on any atom is -0.368 e. The largest absolute Gasteiger partial charge is 0.368 e. The molecule has 1 aromatic heterocycles. The Kier molecular flexibility index (Phi) is 4.07. The zero-order valence-electron chi connectivity index (χ0n) is 7.76. The van der Waals surface area contributed by atoms with Gasteiger partial charge in [0.05, 0.1) is 0 Å². The van der Waals surface area contributed by atoms with E-state index in [1.807, 2.05) is 36.7 Å². The number of H-pyrrole nitrogens is 1. The van der Waals surface area contributed by atoms with E-state index in [1.54, 1.807) is 12.3 Å². The first kappa shape index (κ1) is 10.1. The molecule has 2 rings (SSSR count). The molecule has 1 aromatic rings. The van der Waals surface area contributed by atoms with Crippen LogP contribution in [0.4, 0.5) is 4.79 Å². The summed E-state index contributed by atoms with van der Waals surface area (Å²) >= 11 is 0. The van der Waals surface area contributed by atoms with Gasteiger partial charge in [-0.15, -0.1) is 0 Å². The molecule has 0 saturated heterocycles. The summed E-state index contributed by atoms with van der Waals surface area (Å²) in [6.07, 6.45) is 10.9. The number of carbonyl (C=O) groups is 1. The second-order valence-corrected chi connectivity index (χ2v) is 2.65. The summed E-state index contributed by atoms with van der Waals surface area (Å²) in [4.78, 5) is 14.7. The first-order valence-electron chi connectivity index (χ1n) is 4.28. The lowest BCUT2D eigenvalue weighted by Crippen LogP contribution is -2.31. The molecule has 1 aliphatic rings. The number of aromatic nitrogens is 1. The Balaban J connectivity index is 0.000000165. The van der Waals surface area contributed by atoms with E-state index in [4.69, 9.17) is 5.73 Å². The number of allylic oxidation sites excluding steroid dienone is 2. The van der Waals surface area contributed by atoms with Gasteiger partial charge in [0.25, 0.3) is 0 Å². The summed E-state index contributed by atoms with van der Waals surface area (Å²) in [5.41, 5.74) is 4.97. The van der Waals surface area contributed by atoms with Gasteiger partial charge in [-0.3, -0.25) is 4.90 Å². The molecule has 74 valence electrons. The Hall–Kier alpha value is -1.97. The van der Waals surface area contributed by atoms with E-state index in [-0.39, 0.29) is 0 Å². The Morgan fingerprint density at radius 2 is 2.00 bits per heavy atom. The maximum atomic E-state index is 10.4. The van der Waals surface area contributed by atoms with E-state index < -0.39 is 6.03 Å². The van der Waals surface area contributed by atoms with E-state index in [9.17, 15) is 4.79 Å². The SMILES string of the molecule is NC(=O)N1C=CC=CC1.c1cc[nH]c1. The van der Waals surface area contributed by atoms with Crippen molar-refractivity contribution in [2.24, 2.45) is 5.73 Å². The third kappa shape index (κ3) is 3.62. The van der Waals surface area contributed by atoms with Crippen LogP contribution in [0, 0.1) is 0 Å². The Bertz CT molecular complexity index is 297. The molecule has 0 aliphatic carbocycles. The molecule has 4 heteroatoms. The van der Waals surface area contributed by atoms with Gasteiger partial charge in [0.15, 0.2) is 0 Å². The van der Waals surface area contributed by atoms with Crippen LogP contribution in [0.15, 0.2) is 49.0 Å². The fourth-order valence-electron chi connectivity index (χ4n) is 0.909. The van der Waals surface area contributed by atoms with Crippen molar-refractivity contribution in [3.05, 3.63) is 49.0 Å². The monoisotopic (exact) mass is 191 g/mol. The first-order valence-corrected chi connectivity index (χ1v) is 4.28. The van der Waals surface area contributed by atoms with Crippen molar-refractivity contribution >= 4 is 6.03 Å². The highest BCUT2D eigenvalue weighted by atomic mass is 16.2. The molecule has 0 spiro atoms. The highest BCUT2D eigenvalue weighted by Gasteiger charge is 2.03. The van der Waals surface area contributed by atoms with Gasteiger partial charge in [-0.2, -0.15) is 0 Å². The Labute approximate surface area is 82.7 Å². The van der Waals surface area contributed by atoms with Crippen molar-refractivity contribution in [1.82, 2.24) is 9.88 Å². The van der Waals surface area contributed by atoms with Gasteiger partial charge in [-0.25, -0.2) is 4.79 Å². The fraction of sp³-hybridized carbons (Fsp3) is 0.100. The van der Waals surface area contributed by atoms with Crippen molar-refractivity contribution in [2.75, 3.05) is 6.54 Å². The number of nitrogens with two attached hydrogens (primary N) is 1. The average Bonchev–Trinajstić information content (AvgIpc) is 2.77. The van der Waals surface area contributed by atoms with E-state index in [0.717, 1.165) is 0 Å². The van der Waals surface area contributed by atoms with E-state index in [1.165, 1.54) is 4.90 Å².